The van der Waals surface area contributed by atoms with Gasteiger partial charge in [0.05, 0.1) is 0 Å². The molecule has 5 heteroatoms. The second kappa shape index (κ2) is 12.6. The van der Waals surface area contributed by atoms with E-state index in [0.29, 0.717) is 6.29 Å². The fraction of sp³-hybridized carbons (Fsp3) is 0.714. The first-order valence-corrected chi connectivity index (χ1v) is 3.25. The Hall–Kier alpha value is -1.03. The molecule has 0 rings (SSSR count). The summed E-state index contributed by atoms with van der Waals surface area (Å²) in [5.41, 5.74) is 0. The Bertz CT molecular complexity index is 138. The number of carbonyl (C=O) groups excluding carboxylic acids is 2. The smallest absolute Gasteiger partial charge is 0.235 e. The number of isocyanates is 1. The molecule has 0 amide bonds. The summed E-state index contributed by atoms with van der Waals surface area (Å²) < 4.78 is 9.35. The van der Waals surface area contributed by atoms with Crippen LogP contribution in [0.15, 0.2) is 4.99 Å². The molecule has 0 aromatic rings. The number of nitrogens with zero attached hydrogens (tertiary/aromatic N) is 1. The van der Waals surface area contributed by atoms with E-state index >= 15 is 0 Å². The van der Waals surface area contributed by atoms with Gasteiger partial charge in [-0.3, -0.25) is 0 Å². The van der Waals surface area contributed by atoms with E-state index in [0.717, 1.165) is 0 Å². The summed E-state index contributed by atoms with van der Waals surface area (Å²) in [5, 5.41) is 0. The normalized spacial score (nSPS) is 8.00. The number of carbonyl (C=O) groups is 1. The monoisotopic (exact) mass is 175 g/mol. The van der Waals surface area contributed by atoms with E-state index < -0.39 is 0 Å². The van der Waals surface area contributed by atoms with Crippen molar-refractivity contribution in [3.05, 3.63) is 0 Å². The van der Waals surface area contributed by atoms with Crippen LogP contribution in [0.2, 0.25) is 0 Å². The highest BCUT2D eigenvalue weighted by molar-refractivity contribution is 5.54. The Labute approximate surface area is 71.4 Å². The van der Waals surface area contributed by atoms with Crippen molar-refractivity contribution in [1.82, 2.24) is 0 Å². The summed E-state index contributed by atoms with van der Waals surface area (Å²) in [6, 6.07) is 0. The summed E-state index contributed by atoms with van der Waals surface area (Å²) in [6.07, 6.45) is 1.68. The van der Waals surface area contributed by atoms with Gasteiger partial charge in [0.2, 0.25) is 6.08 Å². The van der Waals surface area contributed by atoms with Crippen LogP contribution in [0.3, 0.4) is 0 Å². The van der Waals surface area contributed by atoms with Gasteiger partial charge in [0.15, 0.2) is 6.29 Å². The van der Waals surface area contributed by atoms with Crippen molar-refractivity contribution >= 4 is 12.4 Å². The Kier molecular flexibility index (Phi) is 14.3. The van der Waals surface area contributed by atoms with Gasteiger partial charge in [-0.1, -0.05) is 0 Å². The van der Waals surface area contributed by atoms with Gasteiger partial charge in [0.1, 0.15) is 12.8 Å². The standard InChI is InChI=1S/C4H10O2.C3H3NO2/c1-4(5-2)6-3;5-2-1-4-3-6/h4H,1-3H3;2H,1H2. The summed E-state index contributed by atoms with van der Waals surface area (Å²) in [4.78, 5) is 21.3. The molecular formula is C7H13NO4. The third-order valence-electron chi connectivity index (χ3n) is 0.894. The minimum absolute atomic E-state index is 0.0648. The average molecular weight is 175 g/mol. The van der Waals surface area contributed by atoms with Crippen molar-refractivity contribution < 1.29 is 19.1 Å². The number of hydrogen-bond acceptors (Lipinski definition) is 5. The lowest BCUT2D eigenvalue weighted by molar-refractivity contribution is -0.106. The number of aliphatic imine (C=N–C) groups is 1. The Balaban J connectivity index is 0. The molecule has 0 radical (unpaired) electrons. The minimum Gasteiger partial charge on any atom is -0.356 e. The maximum atomic E-state index is 9.29. The molecule has 12 heavy (non-hydrogen) atoms. The molecule has 0 saturated carbocycles. The molecule has 0 spiro atoms. The number of aldehydes is 1. The quantitative estimate of drug-likeness (QED) is 0.264. The number of hydrogen-bond donors (Lipinski definition) is 0. The Morgan fingerprint density at radius 3 is 2.08 bits per heavy atom. The van der Waals surface area contributed by atoms with Gasteiger partial charge < -0.3 is 14.3 Å². The van der Waals surface area contributed by atoms with E-state index in [4.69, 9.17) is 4.79 Å². The van der Waals surface area contributed by atoms with Gasteiger partial charge in [-0.2, -0.15) is 4.99 Å². The summed E-state index contributed by atoms with van der Waals surface area (Å²) >= 11 is 0. The van der Waals surface area contributed by atoms with Crippen molar-refractivity contribution in [2.45, 2.75) is 13.2 Å². The predicted molar refractivity (Wildman–Crippen MR) is 42.5 cm³/mol. The molecule has 0 aromatic carbocycles. The van der Waals surface area contributed by atoms with Crippen LogP contribution in [-0.2, 0) is 19.1 Å². The molecule has 0 unspecified atom stereocenters. The highest BCUT2D eigenvalue weighted by Gasteiger charge is 1.87. The molecule has 0 fully saturated rings. The third-order valence-corrected chi connectivity index (χ3v) is 0.894. The fourth-order valence-electron chi connectivity index (χ4n) is 0.171. The Morgan fingerprint density at radius 1 is 1.50 bits per heavy atom. The molecule has 0 aromatic heterocycles. The first kappa shape index (κ1) is 13.6. The number of methoxy groups -OCH3 is 2. The van der Waals surface area contributed by atoms with E-state index in [-0.39, 0.29) is 12.8 Å². The number of ether oxygens (including phenoxy) is 2. The summed E-state index contributed by atoms with van der Waals surface area (Å²) in [7, 11) is 3.21. The fourth-order valence-corrected chi connectivity index (χ4v) is 0.171. The predicted octanol–water partition coefficient (Wildman–Crippen LogP) is 0.146. The lowest BCUT2D eigenvalue weighted by Crippen LogP contribution is -2.05. The minimum atomic E-state index is -0.0660. The topological polar surface area (TPSA) is 65.0 Å². The molecule has 0 aliphatic heterocycles. The highest BCUT2D eigenvalue weighted by Crippen LogP contribution is 1.82. The van der Waals surface area contributed by atoms with Crippen molar-refractivity contribution in [3.63, 3.8) is 0 Å². The maximum absolute atomic E-state index is 9.29. The van der Waals surface area contributed by atoms with Crippen LogP contribution < -0.4 is 0 Å². The molecule has 0 atom stereocenters. The second-order valence-electron chi connectivity index (χ2n) is 1.64. The van der Waals surface area contributed by atoms with Crippen LogP contribution in [0.1, 0.15) is 6.92 Å². The lowest BCUT2D eigenvalue weighted by atomic mass is 10.8. The third kappa shape index (κ3) is 16.0. The zero-order valence-electron chi connectivity index (χ0n) is 7.44. The highest BCUT2D eigenvalue weighted by atomic mass is 16.7. The molecule has 0 aliphatic rings. The average Bonchev–Trinajstić information content (AvgIpc) is 2.14. The molecule has 0 saturated heterocycles. The van der Waals surface area contributed by atoms with E-state index in [9.17, 15) is 4.79 Å². The molecular weight excluding hydrogens is 162 g/mol. The first-order valence-electron chi connectivity index (χ1n) is 3.25. The van der Waals surface area contributed by atoms with Gasteiger partial charge >= 0.3 is 0 Å². The van der Waals surface area contributed by atoms with E-state index in [1.54, 1.807) is 14.2 Å². The van der Waals surface area contributed by atoms with Gasteiger partial charge in [0.25, 0.3) is 0 Å². The van der Waals surface area contributed by atoms with Gasteiger partial charge in [-0.15, -0.1) is 0 Å². The maximum Gasteiger partial charge on any atom is 0.235 e. The number of rotatable bonds is 4. The van der Waals surface area contributed by atoms with Crippen LogP contribution in [0.5, 0.6) is 0 Å². The van der Waals surface area contributed by atoms with E-state index in [2.05, 4.69) is 14.5 Å². The van der Waals surface area contributed by atoms with Gasteiger partial charge in [-0.05, 0) is 6.92 Å². The molecule has 0 heterocycles. The van der Waals surface area contributed by atoms with Gasteiger partial charge in [0, 0.05) is 14.2 Å². The molecule has 0 aliphatic carbocycles. The van der Waals surface area contributed by atoms with E-state index in [1.807, 2.05) is 6.92 Å². The van der Waals surface area contributed by atoms with Crippen molar-refractivity contribution in [1.29, 1.82) is 0 Å². The van der Waals surface area contributed by atoms with Crippen LogP contribution in [0, 0.1) is 0 Å². The zero-order chi connectivity index (χ0) is 9.82. The zero-order valence-corrected chi connectivity index (χ0v) is 7.44. The second-order valence-corrected chi connectivity index (χ2v) is 1.64. The largest absolute Gasteiger partial charge is 0.356 e. The lowest BCUT2D eigenvalue weighted by Gasteiger charge is -2.03. The molecule has 0 N–H and O–H groups in total. The first-order chi connectivity index (χ1) is 5.72. The van der Waals surface area contributed by atoms with Crippen LogP contribution in [-0.4, -0.2) is 39.4 Å². The van der Waals surface area contributed by atoms with Gasteiger partial charge in [-0.25, -0.2) is 4.79 Å². The van der Waals surface area contributed by atoms with Crippen LogP contribution in [0.4, 0.5) is 0 Å². The SMILES string of the molecule is COC(C)OC.O=C=NCC=O. The van der Waals surface area contributed by atoms with Crippen LogP contribution >= 0.6 is 0 Å². The summed E-state index contributed by atoms with van der Waals surface area (Å²) in [5.74, 6) is 0. The summed E-state index contributed by atoms with van der Waals surface area (Å²) in [6.45, 7) is 1.77. The Morgan fingerprint density at radius 2 is 2.00 bits per heavy atom. The van der Waals surface area contributed by atoms with E-state index in [1.165, 1.54) is 6.08 Å². The van der Waals surface area contributed by atoms with Crippen molar-refractivity contribution in [2.75, 3.05) is 20.8 Å². The molecule has 70 valence electrons. The molecule has 5 nitrogen and oxygen atoms in total. The molecule has 0 bridgehead atoms. The van der Waals surface area contributed by atoms with Crippen LogP contribution in [0.25, 0.3) is 0 Å². The van der Waals surface area contributed by atoms with Crippen molar-refractivity contribution in [3.8, 4) is 0 Å². The van der Waals surface area contributed by atoms with Crippen molar-refractivity contribution in [2.24, 2.45) is 4.99 Å².